The second-order valence-corrected chi connectivity index (χ2v) is 7.93. The summed E-state index contributed by atoms with van der Waals surface area (Å²) in [5.74, 6) is 1.37. The third-order valence-electron chi connectivity index (χ3n) is 5.63. The van der Waals surface area contributed by atoms with E-state index in [0.29, 0.717) is 12.5 Å². The Morgan fingerprint density at radius 3 is 2.48 bits per heavy atom. The Hall–Kier alpha value is -2.63. The lowest BCUT2D eigenvalue weighted by Gasteiger charge is -2.34. The molecule has 142 valence electrons. The molecule has 2 aliphatic rings. The third kappa shape index (κ3) is 4.04. The first-order chi connectivity index (χ1) is 13.0. The fourth-order valence-electron chi connectivity index (χ4n) is 4.14. The Morgan fingerprint density at radius 1 is 1.15 bits per heavy atom. The van der Waals surface area contributed by atoms with Crippen LogP contribution in [0.15, 0.2) is 30.3 Å². The van der Waals surface area contributed by atoms with Crippen LogP contribution in [0.4, 0.5) is 10.6 Å². The molecule has 1 aliphatic carbocycles. The Kier molecular flexibility index (Phi) is 4.72. The number of benzene rings is 1. The van der Waals surface area contributed by atoms with Gasteiger partial charge in [-0.15, -0.1) is 10.2 Å². The summed E-state index contributed by atoms with van der Waals surface area (Å²) in [6.07, 6.45) is 3.68. The Bertz CT molecular complexity index is 806. The van der Waals surface area contributed by atoms with Crippen LogP contribution in [0.25, 0.3) is 11.3 Å². The molecule has 1 saturated heterocycles. The smallest absolute Gasteiger partial charge is 0.407 e. The van der Waals surface area contributed by atoms with E-state index in [4.69, 9.17) is 4.74 Å². The van der Waals surface area contributed by atoms with Gasteiger partial charge in [-0.2, -0.15) is 0 Å². The molecular formula is C21H26N4O2. The van der Waals surface area contributed by atoms with Crippen molar-refractivity contribution in [3.63, 3.8) is 0 Å². The van der Waals surface area contributed by atoms with E-state index in [9.17, 15) is 4.79 Å². The first-order valence-corrected chi connectivity index (χ1v) is 9.64. The van der Waals surface area contributed by atoms with Crippen molar-refractivity contribution < 1.29 is 9.53 Å². The molecule has 1 aromatic carbocycles. The zero-order valence-electron chi connectivity index (χ0n) is 15.9. The summed E-state index contributed by atoms with van der Waals surface area (Å²) in [5, 5.41) is 14.9. The lowest BCUT2D eigenvalue weighted by Crippen LogP contribution is -2.39. The third-order valence-corrected chi connectivity index (χ3v) is 5.63. The van der Waals surface area contributed by atoms with Crippen LogP contribution in [0.5, 0.6) is 0 Å². The van der Waals surface area contributed by atoms with Crippen LogP contribution in [0.2, 0.25) is 0 Å². The molecule has 6 heteroatoms. The highest BCUT2D eigenvalue weighted by atomic mass is 16.6. The maximum absolute atomic E-state index is 11.3. The Balaban J connectivity index is 1.31. The monoisotopic (exact) mass is 366 g/mol. The van der Waals surface area contributed by atoms with Crippen LogP contribution in [0.1, 0.15) is 36.8 Å². The normalized spacial score (nSPS) is 24.5. The van der Waals surface area contributed by atoms with Crippen molar-refractivity contribution in [1.82, 2.24) is 15.5 Å². The molecule has 6 nitrogen and oxygen atoms in total. The molecule has 1 saturated carbocycles. The molecule has 1 aliphatic heterocycles. The van der Waals surface area contributed by atoms with Gasteiger partial charge in [0.2, 0.25) is 0 Å². The van der Waals surface area contributed by atoms with E-state index in [2.05, 4.69) is 52.9 Å². The lowest BCUT2D eigenvalue weighted by atomic mass is 9.79. The topological polar surface area (TPSA) is 76.1 Å². The maximum atomic E-state index is 11.3. The number of amides is 1. The standard InChI is InChI=1S/C21H26N4O2/c1-14-9-15(2)11-17(10-14)18-3-4-19(25-24-18)22-12-16-5-7-21(8-6-16)13-23-20(26)27-21/h3-4,9-11,16H,5-8,12-13H2,1-2H3,(H,22,25)(H,23,26). The molecule has 2 aromatic rings. The second-order valence-electron chi connectivity index (χ2n) is 7.93. The summed E-state index contributed by atoms with van der Waals surface area (Å²) in [7, 11) is 0. The van der Waals surface area contributed by atoms with Gasteiger partial charge in [0.15, 0.2) is 0 Å². The molecule has 0 radical (unpaired) electrons. The van der Waals surface area contributed by atoms with Crippen LogP contribution in [-0.2, 0) is 4.74 Å². The van der Waals surface area contributed by atoms with Crippen molar-refractivity contribution in [2.75, 3.05) is 18.4 Å². The van der Waals surface area contributed by atoms with Crippen LogP contribution in [0.3, 0.4) is 0 Å². The summed E-state index contributed by atoms with van der Waals surface area (Å²) in [5.41, 5.74) is 4.19. The summed E-state index contributed by atoms with van der Waals surface area (Å²) in [6.45, 7) is 5.71. The predicted molar refractivity (Wildman–Crippen MR) is 105 cm³/mol. The number of hydrogen-bond acceptors (Lipinski definition) is 5. The average molecular weight is 366 g/mol. The number of aryl methyl sites for hydroxylation is 2. The van der Waals surface area contributed by atoms with E-state index < -0.39 is 0 Å². The summed E-state index contributed by atoms with van der Waals surface area (Å²) < 4.78 is 5.48. The molecule has 1 amide bonds. The molecule has 2 N–H and O–H groups in total. The molecule has 27 heavy (non-hydrogen) atoms. The first kappa shape index (κ1) is 17.8. The molecule has 4 rings (SSSR count). The minimum absolute atomic E-state index is 0.263. The van der Waals surface area contributed by atoms with Gasteiger partial charge < -0.3 is 15.4 Å². The molecule has 0 bridgehead atoms. The van der Waals surface area contributed by atoms with Crippen molar-refractivity contribution in [2.24, 2.45) is 5.92 Å². The molecule has 2 heterocycles. The number of hydrogen-bond donors (Lipinski definition) is 2. The Labute approximate surface area is 159 Å². The molecule has 0 atom stereocenters. The number of nitrogens with one attached hydrogen (secondary N) is 2. The highest BCUT2D eigenvalue weighted by Gasteiger charge is 2.43. The first-order valence-electron chi connectivity index (χ1n) is 9.64. The minimum atomic E-state index is -0.272. The fraction of sp³-hybridized carbons (Fsp3) is 0.476. The number of nitrogens with zero attached hydrogens (tertiary/aromatic N) is 2. The number of carbonyl (C=O) groups excluding carboxylic acids is 1. The van der Waals surface area contributed by atoms with Gasteiger partial charge in [-0.1, -0.05) is 17.2 Å². The second kappa shape index (κ2) is 7.18. The fourth-order valence-corrected chi connectivity index (χ4v) is 4.14. The van der Waals surface area contributed by atoms with Gasteiger partial charge in [0, 0.05) is 12.1 Å². The molecule has 1 aromatic heterocycles. The number of anilines is 1. The zero-order chi connectivity index (χ0) is 18.9. The van der Waals surface area contributed by atoms with Crippen LogP contribution in [0, 0.1) is 19.8 Å². The molecule has 2 fully saturated rings. The highest BCUT2D eigenvalue weighted by molar-refractivity contribution is 5.70. The predicted octanol–water partition coefficient (Wildman–Crippen LogP) is 3.84. The van der Waals surface area contributed by atoms with Crippen molar-refractivity contribution in [2.45, 2.75) is 45.1 Å². The number of alkyl carbamates (subject to hydrolysis) is 1. The minimum Gasteiger partial charge on any atom is -0.441 e. The van der Waals surface area contributed by atoms with Gasteiger partial charge in [-0.25, -0.2) is 4.79 Å². The number of carbonyl (C=O) groups is 1. The van der Waals surface area contributed by atoms with Gasteiger partial charge in [-0.3, -0.25) is 0 Å². The van der Waals surface area contributed by atoms with E-state index >= 15 is 0 Å². The van der Waals surface area contributed by atoms with Crippen molar-refractivity contribution >= 4 is 11.9 Å². The van der Waals surface area contributed by atoms with Crippen LogP contribution < -0.4 is 10.6 Å². The number of ether oxygens (including phenoxy) is 1. The molecule has 1 spiro atoms. The maximum Gasteiger partial charge on any atom is 0.407 e. The summed E-state index contributed by atoms with van der Waals surface area (Å²) in [6, 6.07) is 10.4. The van der Waals surface area contributed by atoms with Crippen molar-refractivity contribution in [1.29, 1.82) is 0 Å². The van der Waals surface area contributed by atoms with E-state index in [1.165, 1.54) is 11.1 Å². The van der Waals surface area contributed by atoms with Crippen molar-refractivity contribution in [3.8, 4) is 11.3 Å². The van der Waals surface area contributed by atoms with Crippen LogP contribution >= 0.6 is 0 Å². The largest absolute Gasteiger partial charge is 0.441 e. The molecular weight excluding hydrogens is 340 g/mol. The van der Waals surface area contributed by atoms with Gasteiger partial charge in [0.05, 0.1) is 12.2 Å². The average Bonchev–Trinajstić information content (AvgIpc) is 3.01. The van der Waals surface area contributed by atoms with Gasteiger partial charge >= 0.3 is 6.09 Å². The van der Waals surface area contributed by atoms with Gasteiger partial charge in [0.1, 0.15) is 11.4 Å². The number of rotatable bonds is 4. The molecule has 0 unspecified atom stereocenters. The summed E-state index contributed by atoms with van der Waals surface area (Å²) in [4.78, 5) is 11.3. The summed E-state index contributed by atoms with van der Waals surface area (Å²) >= 11 is 0. The SMILES string of the molecule is Cc1cc(C)cc(-c2ccc(NCC3CCC4(CC3)CNC(=O)O4)nn2)c1. The van der Waals surface area contributed by atoms with Crippen molar-refractivity contribution in [3.05, 3.63) is 41.5 Å². The Morgan fingerprint density at radius 2 is 1.89 bits per heavy atom. The van der Waals surface area contributed by atoms with E-state index in [0.717, 1.165) is 49.3 Å². The highest BCUT2D eigenvalue weighted by Crippen LogP contribution is 2.36. The zero-order valence-corrected chi connectivity index (χ0v) is 15.9. The lowest BCUT2D eigenvalue weighted by molar-refractivity contribution is 0.0148. The van der Waals surface area contributed by atoms with E-state index in [1.807, 2.05) is 12.1 Å². The number of aromatic nitrogens is 2. The van der Waals surface area contributed by atoms with E-state index in [-0.39, 0.29) is 11.7 Å². The van der Waals surface area contributed by atoms with Gasteiger partial charge in [-0.05, 0) is 69.7 Å². The van der Waals surface area contributed by atoms with E-state index in [1.54, 1.807) is 0 Å². The van der Waals surface area contributed by atoms with Gasteiger partial charge in [0.25, 0.3) is 0 Å². The van der Waals surface area contributed by atoms with Crippen LogP contribution in [-0.4, -0.2) is 35.0 Å². The quantitative estimate of drug-likeness (QED) is 0.860.